The van der Waals surface area contributed by atoms with Gasteiger partial charge in [0.25, 0.3) is 5.91 Å². The lowest BCUT2D eigenvalue weighted by Crippen LogP contribution is -2.48. The lowest BCUT2D eigenvalue weighted by Gasteiger charge is -2.35. The van der Waals surface area contributed by atoms with Crippen molar-refractivity contribution < 1.29 is 19.0 Å². The molecule has 1 amide bonds. The molecule has 28 heavy (non-hydrogen) atoms. The molecule has 0 aliphatic carbocycles. The van der Waals surface area contributed by atoms with Crippen LogP contribution >= 0.6 is 0 Å². The summed E-state index contributed by atoms with van der Waals surface area (Å²) in [5, 5.41) is 0. The first-order chi connectivity index (χ1) is 13.7. The van der Waals surface area contributed by atoms with Crippen molar-refractivity contribution in [1.82, 2.24) is 9.80 Å². The Bertz CT molecular complexity index is 837. The minimum Gasteiger partial charge on any atom is -0.497 e. The van der Waals surface area contributed by atoms with Crippen molar-refractivity contribution >= 4 is 5.91 Å². The fraction of sp³-hybridized carbons (Fsp3) is 0.409. The van der Waals surface area contributed by atoms with Crippen LogP contribution in [0.4, 0.5) is 0 Å². The van der Waals surface area contributed by atoms with Gasteiger partial charge in [-0.05, 0) is 29.3 Å². The quantitative estimate of drug-likeness (QED) is 0.796. The molecular formula is C22H26N2O4. The molecule has 0 atom stereocenters. The molecule has 0 spiro atoms. The van der Waals surface area contributed by atoms with Gasteiger partial charge in [0.05, 0.1) is 20.8 Å². The first-order valence-electron chi connectivity index (χ1n) is 9.65. The molecule has 0 aromatic heterocycles. The molecule has 2 aromatic carbocycles. The van der Waals surface area contributed by atoms with Gasteiger partial charge in [0.2, 0.25) is 0 Å². The lowest BCUT2D eigenvalue weighted by molar-refractivity contribution is 0.0627. The first kappa shape index (κ1) is 18.6. The number of piperazine rings is 1. The van der Waals surface area contributed by atoms with Crippen molar-refractivity contribution in [1.29, 1.82) is 0 Å². The Labute approximate surface area is 165 Å². The fourth-order valence-electron chi connectivity index (χ4n) is 3.82. The molecule has 6 heteroatoms. The second-order valence-corrected chi connectivity index (χ2v) is 7.21. The fourth-order valence-corrected chi connectivity index (χ4v) is 3.82. The standard InChI is InChI=1S/C22H26N2O4/c1-26-19-12-18(13-20(14-19)27-2)22(25)24-8-6-23(7-9-24)15-16-3-4-21-17(11-16)5-10-28-21/h3-4,11-14H,5-10,15H2,1-2H3. The van der Waals surface area contributed by atoms with Gasteiger partial charge in [-0.3, -0.25) is 9.69 Å². The maximum atomic E-state index is 12.9. The number of nitrogens with zero attached hydrogens (tertiary/aromatic N) is 2. The molecule has 0 saturated carbocycles. The summed E-state index contributed by atoms with van der Waals surface area (Å²) in [6.45, 7) is 4.84. The average Bonchev–Trinajstić information content (AvgIpc) is 3.21. The van der Waals surface area contributed by atoms with E-state index in [1.165, 1.54) is 11.1 Å². The topological polar surface area (TPSA) is 51.2 Å². The van der Waals surface area contributed by atoms with Gasteiger partial charge in [-0.25, -0.2) is 0 Å². The van der Waals surface area contributed by atoms with Gasteiger partial charge >= 0.3 is 0 Å². The third-order valence-corrected chi connectivity index (χ3v) is 5.42. The molecule has 6 nitrogen and oxygen atoms in total. The second-order valence-electron chi connectivity index (χ2n) is 7.21. The van der Waals surface area contributed by atoms with Crippen molar-refractivity contribution in [3.63, 3.8) is 0 Å². The smallest absolute Gasteiger partial charge is 0.254 e. The van der Waals surface area contributed by atoms with E-state index in [0.717, 1.165) is 38.4 Å². The van der Waals surface area contributed by atoms with E-state index in [2.05, 4.69) is 23.1 Å². The molecular weight excluding hydrogens is 356 g/mol. The number of ether oxygens (including phenoxy) is 3. The van der Waals surface area contributed by atoms with Gasteiger partial charge in [-0.15, -0.1) is 0 Å². The number of hydrogen-bond acceptors (Lipinski definition) is 5. The number of methoxy groups -OCH3 is 2. The first-order valence-corrected chi connectivity index (χ1v) is 9.65. The number of carbonyl (C=O) groups excluding carboxylic acids is 1. The van der Waals surface area contributed by atoms with E-state index in [1.807, 2.05) is 4.90 Å². The number of carbonyl (C=O) groups is 1. The van der Waals surface area contributed by atoms with Crippen molar-refractivity contribution in [2.45, 2.75) is 13.0 Å². The van der Waals surface area contributed by atoms with Gasteiger partial charge in [-0.2, -0.15) is 0 Å². The highest BCUT2D eigenvalue weighted by Crippen LogP contribution is 2.27. The normalized spacial score (nSPS) is 16.4. The van der Waals surface area contributed by atoms with Crippen LogP contribution in [0.15, 0.2) is 36.4 Å². The summed E-state index contributed by atoms with van der Waals surface area (Å²) in [6.07, 6.45) is 0.995. The summed E-state index contributed by atoms with van der Waals surface area (Å²) in [5.41, 5.74) is 3.21. The molecule has 1 saturated heterocycles. The van der Waals surface area contributed by atoms with Gasteiger partial charge in [-0.1, -0.05) is 12.1 Å². The van der Waals surface area contributed by atoms with Gasteiger partial charge < -0.3 is 19.1 Å². The van der Waals surface area contributed by atoms with Crippen LogP contribution < -0.4 is 14.2 Å². The van der Waals surface area contributed by atoms with Crippen molar-refractivity contribution in [2.75, 3.05) is 47.0 Å². The van der Waals surface area contributed by atoms with Crippen LogP contribution in [0.2, 0.25) is 0 Å². The Morgan fingerprint density at radius 2 is 1.71 bits per heavy atom. The van der Waals surface area contributed by atoms with Crippen LogP contribution in [-0.4, -0.2) is 62.7 Å². The van der Waals surface area contributed by atoms with E-state index >= 15 is 0 Å². The van der Waals surface area contributed by atoms with Crippen LogP contribution in [0.3, 0.4) is 0 Å². The Balaban J connectivity index is 1.37. The third kappa shape index (κ3) is 3.92. The highest BCUT2D eigenvalue weighted by molar-refractivity contribution is 5.95. The number of rotatable bonds is 5. The van der Waals surface area contributed by atoms with E-state index in [9.17, 15) is 4.79 Å². The largest absolute Gasteiger partial charge is 0.497 e. The van der Waals surface area contributed by atoms with Gasteiger partial charge in [0.15, 0.2) is 0 Å². The van der Waals surface area contributed by atoms with E-state index in [4.69, 9.17) is 14.2 Å². The highest BCUT2D eigenvalue weighted by Gasteiger charge is 2.23. The second kappa shape index (κ2) is 8.10. The van der Waals surface area contributed by atoms with Gasteiger partial charge in [0.1, 0.15) is 17.2 Å². The zero-order valence-electron chi connectivity index (χ0n) is 16.4. The van der Waals surface area contributed by atoms with Gasteiger partial charge in [0, 0.05) is 50.8 Å². The van der Waals surface area contributed by atoms with E-state index in [1.54, 1.807) is 32.4 Å². The lowest BCUT2D eigenvalue weighted by atomic mass is 10.1. The Kier molecular flexibility index (Phi) is 5.39. The molecule has 0 bridgehead atoms. The molecule has 4 rings (SSSR count). The summed E-state index contributed by atoms with van der Waals surface area (Å²) in [7, 11) is 3.18. The molecule has 148 valence electrons. The maximum absolute atomic E-state index is 12.9. The van der Waals surface area contributed by atoms with Crippen LogP contribution in [-0.2, 0) is 13.0 Å². The zero-order valence-corrected chi connectivity index (χ0v) is 16.4. The van der Waals surface area contributed by atoms with E-state index in [-0.39, 0.29) is 5.91 Å². The van der Waals surface area contributed by atoms with Crippen LogP contribution in [0, 0.1) is 0 Å². The summed E-state index contributed by atoms with van der Waals surface area (Å²) in [6, 6.07) is 11.8. The number of fused-ring (bicyclic) bond motifs is 1. The monoisotopic (exact) mass is 382 g/mol. The molecule has 0 N–H and O–H groups in total. The Hall–Kier alpha value is -2.73. The SMILES string of the molecule is COc1cc(OC)cc(C(=O)N2CCN(Cc3ccc4c(c3)CCO4)CC2)c1. The average molecular weight is 382 g/mol. The number of amides is 1. The van der Waals surface area contributed by atoms with E-state index in [0.29, 0.717) is 30.2 Å². The molecule has 2 aromatic rings. The highest BCUT2D eigenvalue weighted by atomic mass is 16.5. The van der Waals surface area contributed by atoms with E-state index < -0.39 is 0 Å². The third-order valence-electron chi connectivity index (χ3n) is 5.42. The van der Waals surface area contributed by atoms with Crippen LogP contribution in [0.1, 0.15) is 21.5 Å². The summed E-state index contributed by atoms with van der Waals surface area (Å²) in [5.74, 6) is 2.29. The van der Waals surface area contributed by atoms with Crippen LogP contribution in [0.5, 0.6) is 17.2 Å². The molecule has 2 aliphatic heterocycles. The number of hydrogen-bond donors (Lipinski definition) is 0. The number of benzene rings is 2. The Morgan fingerprint density at radius 1 is 1.00 bits per heavy atom. The molecule has 2 heterocycles. The van der Waals surface area contributed by atoms with Crippen molar-refractivity contribution in [2.24, 2.45) is 0 Å². The minimum atomic E-state index is 0.0199. The molecule has 1 fully saturated rings. The predicted octanol–water partition coefficient (Wildman–Crippen LogP) is 2.60. The molecule has 0 unspecified atom stereocenters. The van der Waals surface area contributed by atoms with Crippen LogP contribution in [0.25, 0.3) is 0 Å². The zero-order chi connectivity index (χ0) is 19.5. The van der Waals surface area contributed by atoms with Crippen molar-refractivity contribution in [3.8, 4) is 17.2 Å². The summed E-state index contributed by atoms with van der Waals surface area (Å²) in [4.78, 5) is 17.2. The summed E-state index contributed by atoms with van der Waals surface area (Å²) < 4.78 is 16.1. The minimum absolute atomic E-state index is 0.0199. The molecule has 2 aliphatic rings. The van der Waals surface area contributed by atoms with Crippen molar-refractivity contribution in [3.05, 3.63) is 53.1 Å². The predicted molar refractivity (Wildman–Crippen MR) is 106 cm³/mol. The Morgan fingerprint density at radius 3 is 2.39 bits per heavy atom. The maximum Gasteiger partial charge on any atom is 0.254 e. The molecule has 0 radical (unpaired) electrons. The summed E-state index contributed by atoms with van der Waals surface area (Å²) >= 11 is 0.